The third-order valence-corrected chi connectivity index (χ3v) is 6.08. The lowest BCUT2D eigenvalue weighted by Gasteiger charge is -2.22. The number of thioether (sulfide) groups is 1. The predicted octanol–water partition coefficient (Wildman–Crippen LogP) is 3.54. The molecule has 3 amide bonds. The number of amidine groups is 1. The zero-order chi connectivity index (χ0) is 20.1. The smallest absolute Gasteiger partial charge is 0.265 e. The van der Waals surface area contributed by atoms with E-state index in [2.05, 4.69) is 38.2 Å². The van der Waals surface area contributed by atoms with E-state index >= 15 is 0 Å². The van der Waals surface area contributed by atoms with Crippen LogP contribution in [0.1, 0.15) is 24.8 Å². The van der Waals surface area contributed by atoms with Gasteiger partial charge in [-0.2, -0.15) is 4.99 Å². The summed E-state index contributed by atoms with van der Waals surface area (Å²) in [5.41, 5.74) is 1.29. The summed E-state index contributed by atoms with van der Waals surface area (Å²) < 4.78 is 1.07. The van der Waals surface area contributed by atoms with E-state index in [0.717, 1.165) is 15.3 Å². The van der Waals surface area contributed by atoms with E-state index in [1.165, 1.54) is 0 Å². The lowest BCUT2D eigenvalue weighted by atomic mass is 9.97. The van der Waals surface area contributed by atoms with Gasteiger partial charge >= 0.3 is 0 Å². The molecule has 6 nitrogen and oxygen atoms in total. The summed E-state index contributed by atoms with van der Waals surface area (Å²) in [6.07, 6.45) is 0.520. The van der Waals surface area contributed by atoms with Crippen molar-refractivity contribution in [3.8, 4) is 0 Å². The van der Waals surface area contributed by atoms with Gasteiger partial charge in [0.2, 0.25) is 11.8 Å². The molecule has 1 aliphatic rings. The summed E-state index contributed by atoms with van der Waals surface area (Å²) in [7, 11) is 0. The zero-order valence-electron chi connectivity index (χ0n) is 15.0. The number of nitrogens with zero attached hydrogens (tertiary/aromatic N) is 1. The first-order valence-corrected chi connectivity index (χ1v) is 10.6. The van der Waals surface area contributed by atoms with Gasteiger partial charge in [-0.3, -0.25) is 14.4 Å². The molecule has 1 heterocycles. The van der Waals surface area contributed by atoms with E-state index in [0.29, 0.717) is 17.7 Å². The average molecular weight is 507 g/mol. The molecule has 0 saturated carbocycles. The van der Waals surface area contributed by atoms with Crippen molar-refractivity contribution in [3.05, 3.63) is 63.7 Å². The number of carbonyl (C=O) groups excluding carboxylic acids is 3. The fraction of sp³-hybridized carbons (Fsp3) is 0.200. The van der Waals surface area contributed by atoms with Gasteiger partial charge in [-0.15, -0.1) is 0 Å². The number of carbonyl (C=O) groups is 3. The zero-order valence-corrected chi connectivity index (χ0v) is 18.0. The van der Waals surface area contributed by atoms with Crippen LogP contribution in [0.3, 0.4) is 0 Å². The molecule has 2 unspecified atom stereocenters. The first kappa shape index (κ1) is 20.5. The van der Waals surface area contributed by atoms with Crippen LogP contribution >= 0.6 is 34.4 Å². The van der Waals surface area contributed by atoms with Gasteiger partial charge in [0.1, 0.15) is 5.92 Å². The van der Waals surface area contributed by atoms with Crippen molar-refractivity contribution < 1.29 is 14.4 Å². The van der Waals surface area contributed by atoms with E-state index in [4.69, 9.17) is 0 Å². The summed E-state index contributed by atoms with van der Waals surface area (Å²) in [6.45, 7) is 1.87. The highest BCUT2D eigenvalue weighted by Crippen LogP contribution is 2.25. The Morgan fingerprint density at radius 3 is 2.46 bits per heavy atom. The van der Waals surface area contributed by atoms with Crippen molar-refractivity contribution >= 4 is 62.9 Å². The van der Waals surface area contributed by atoms with Crippen molar-refractivity contribution in [1.82, 2.24) is 5.32 Å². The molecule has 8 heteroatoms. The van der Waals surface area contributed by atoms with Gasteiger partial charge in [0.25, 0.3) is 5.91 Å². The number of nitrogens with one attached hydrogen (secondary N) is 2. The lowest BCUT2D eigenvalue weighted by molar-refractivity contribution is -0.129. The Labute approximate surface area is 180 Å². The molecular weight excluding hydrogens is 489 g/mol. The van der Waals surface area contributed by atoms with Gasteiger partial charge in [0.05, 0.1) is 5.25 Å². The van der Waals surface area contributed by atoms with Gasteiger partial charge in [-0.1, -0.05) is 49.0 Å². The second kappa shape index (κ2) is 9.33. The number of anilines is 1. The van der Waals surface area contributed by atoms with Crippen LogP contribution in [0.4, 0.5) is 5.69 Å². The predicted molar refractivity (Wildman–Crippen MR) is 119 cm³/mol. The third kappa shape index (κ3) is 4.99. The standard InChI is InChI=1S/C20H18IN3O3S/c1-2-15(17(25)22-14-10-8-13(21)9-11-14)28-20-23-18(26)16(19(27)24-20)12-6-4-3-5-7-12/h3-11,15-16H,2H2,1H3,(H,22,25)(H,23,24,26,27). The van der Waals surface area contributed by atoms with Crippen molar-refractivity contribution in [2.75, 3.05) is 5.32 Å². The number of hydrogen-bond acceptors (Lipinski definition) is 4. The average Bonchev–Trinajstić information content (AvgIpc) is 2.68. The molecule has 2 N–H and O–H groups in total. The van der Waals surface area contributed by atoms with E-state index in [1.807, 2.05) is 37.3 Å². The molecule has 2 atom stereocenters. The van der Waals surface area contributed by atoms with Crippen molar-refractivity contribution in [2.45, 2.75) is 24.5 Å². The normalized spacial score (nSPS) is 17.5. The summed E-state index contributed by atoms with van der Waals surface area (Å²) >= 11 is 3.28. The molecule has 3 rings (SSSR count). The van der Waals surface area contributed by atoms with Crippen molar-refractivity contribution in [1.29, 1.82) is 0 Å². The first-order chi connectivity index (χ1) is 13.5. The van der Waals surface area contributed by atoms with Gasteiger partial charge in [0, 0.05) is 9.26 Å². The SMILES string of the molecule is CCC(SC1=NC(=O)C(c2ccccc2)C(=O)N1)C(=O)Nc1ccc(I)cc1. The van der Waals surface area contributed by atoms with Crippen molar-refractivity contribution in [2.24, 2.45) is 4.99 Å². The number of halogens is 1. The quantitative estimate of drug-likeness (QED) is 0.479. The fourth-order valence-corrected chi connectivity index (χ4v) is 3.95. The minimum atomic E-state index is -0.953. The molecule has 1 aliphatic heterocycles. The van der Waals surface area contributed by atoms with Crippen LogP contribution < -0.4 is 10.6 Å². The van der Waals surface area contributed by atoms with Crippen molar-refractivity contribution in [3.63, 3.8) is 0 Å². The second-order valence-electron chi connectivity index (χ2n) is 6.10. The highest BCUT2D eigenvalue weighted by Gasteiger charge is 2.34. The van der Waals surface area contributed by atoms with Crippen LogP contribution in [0.15, 0.2) is 59.6 Å². The molecule has 0 fully saturated rings. The molecule has 0 aromatic heterocycles. The molecule has 0 spiro atoms. The fourth-order valence-electron chi connectivity index (χ4n) is 2.69. The topological polar surface area (TPSA) is 87.6 Å². The van der Waals surface area contributed by atoms with Gasteiger partial charge in [-0.25, -0.2) is 0 Å². The summed E-state index contributed by atoms with van der Waals surface area (Å²) in [5.74, 6) is -2.11. The van der Waals surface area contributed by atoms with Crippen LogP contribution in [-0.2, 0) is 14.4 Å². The van der Waals surface area contributed by atoms with Gasteiger partial charge < -0.3 is 10.6 Å². The van der Waals surface area contributed by atoms with Gasteiger partial charge in [0.15, 0.2) is 5.17 Å². The maximum absolute atomic E-state index is 12.6. The Hall–Kier alpha value is -2.20. The molecule has 144 valence electrons. The third-order valence-electron chi connectivity index (χ3n) is 4.11. The summed E-state index contributed by atoms with van der Waals surface area (Å²) in [6, 6.07) is 16.2. The highest BCUT2D eigenvalue weighted by molar-refractivity contribution is 14.1. The highest BCUT2D eigenvalue weighted by atomic mass is 127. The Kier molecular flexibility index (Phi) is 6.84. The van der Waals surface area contributed by atoms with E-state index in [1.54, 1.807) is 24.3 Å². The minimum absolute atomic E-state index is 0.159. The van der Waals surface area contributed by atoms with E-state index < -0.39 is 23.0 Å². The lowest BCUT2D eigenvalue weighted by Crippen LogP contribution is -2.42. The van der Waals surface area contributed by atoms with Crippen LogP contribution in [0.25, 0.3) is 0 Å². The molecular formula is C20H18IN3O3S. The Morgan fingerprint density at radius 2 is 1.86 bits per heavy atom. The van der Waals surface area contributed by atoms with E-state index in [9.17, 15) is 14.4 Å². The number of rotatable bonds is 5. The molecule has 28 heavy (non-hydrogen) atoms. The number of hydrogen-bond donors (Lipinski definition) is 2. The maximum Gasteiger partial charge on any atom is 0.265 e. The summed E-state index contributed by atoms with van der Waals surface area (Å²) in [5, 5.41) is 5.18. The van der Waals surface area contributed by atoms with Crippen LogP contribution in [0.5, 0.6) is 0 Å². The number of benzene rings is 2. The Morgan fingerprint density at radius 1 is 1.18 bits per heavy atom. The molecule has 0 bridgehead atoms. The molecule has 0 aliphatic carbocycles. The first-order valence-electron chi connectivity index (χ1n) is 8.69. The minimum Gasteiger partial charge on any atom is -0.325 e. The van der Waals surface area contributed by atoms with Crippen LogP contribution in [0, 0.1) is 3.57 Å². The largest absolute Gasteiger partial charge is 0.325 e. The number of aliphatic imine (C=N–C) groups is 1. The second-order valence-corrected chi connectivity index (χ2v) is 8.54. The maximum atomic E-state index is 12.6. The molecule has 2 aromatic rings. The summed E-state index contributed by atoms with van der Waals surface area (Å²) in [4.78, 5) is 41.4. The van der Waals surface area contributed by atoms with E-state index in [-0.39, 0.29) is 11.1 Å². The molecule has 0 saturated heterocycles. The Bertz CT molecular complexity index is 916. The monoisotopic (exact) mass is 507 g/mol. The Balaban J connectivity index is 1.69. The van der Waals surface area contributed by atoms with Crippen LogP contribution in [-0.4, -0.2) is 28.1 Å². The number of amides is 3. The van der Waals surface area contributed by atoms with Gasteiger partial charge in [-0.05, 0) is 58.8 Å². The molecule has 2 aromatic carbocycles. The van der Waals surface area contributed by atoms with Crippen LogP contribution in [0.2, 0.25) is 0 Å². The molecule has 0 radical (unpaired) electrons.